The van der Waals surface area contributed by atoms with E-state index in [1.54, 1.807) is 0 Å². The van der Waals surface area contributed by atoms with Crippen LogP contribution in [0.3, 0.4) is 0 Å². The van der Waals surface area contributed by atoms with Gasteiger partial charge in [-0.3, -0.25) is 0 Å². The van der Waals surface area contributed by atoms with Gasteiger partial charge in [-0.2, -0.15) is 0 Å². The Kier molecular flexibility index (Phi) is 6.04. The van der Waals surface area contributed by atoms with E-state index < -0.39 is 18.3 Å². The molecule has 4 nitrogen and oxygen atoms in total. The topological polar surface area (TPSA) is 34.8 Å². The van der Waals surface area contributed by atoms with Crippen LogP contribution in [0.2, 0.25) is 0 Å². The molecule has 0 bridgehead atoms. The van der Waals surface area contributed by atoms with Crippen LogP contribution in [0.4, 0.5) is 17.1 Å². The Labute approximate surface area is 241 Å². The lowest BCUT2D eigenvalue weighted by atomic mass is 9.76. The van der Waals surface area contributed by atoms with Gasteiger partial charge >= 0.3 is 7.12 Å². The van der Waals surface area contributed by atoms with Crippen molar-refractivity contribution >= 4 is 51.6 Å². The second kappa shape index (κ2) is 9.65. The number of benzene rings is 5. The monoisotopic (exact) mass is 537 g/mol. The van der Waals surface area contributed by atoms with Crippen LogP contribution in [0.1, 0.15) is 27.7 Å². The molecule has 41 heavy (non-hydrogen) atoms. The Morgan fingerprint density at radius 1 is 0.585 bits per heavy atom. The summed E-state index contributed by atoms with van der Waals surface area (Å²) in [5.41, 5.74) is 7.07. The first-order chi connectivity index (χ1) is 19.8. The van der Waals surface area contributed by atoms with Crippen molar-refractivity contribution in [2.24, 2.45) is 0 Å². The van der Waals surface area contributed by atoms with E-state index in [1.165, 1.54) is 0 Å². The molecule has 1 aromatic heterocycles. The second-order valence-corrected chi connectivity index (χ2v) is 11.7. The van der Waals surface area contributed by atoms with Crippen LogP contribution in [-0.2, 0) is 9.31 Å². The van der Waals surface area contributed by atoms with Crippen molar-refractivity contribution in [2.75, 3.05) is 4.90 Å². The van der Waals surface area contributed by atoms with Gasteiger partial charge in [0.05, 0.1) is 11.2 Å². The zero-order valence-electron chi connectivity index (χ0n) is 23.8. The third kappa shape index (κ3) is 4.33. The van der Waals surface area contributed by atoms with Gasteiger partial charge in [0.2, 0.25) is 0 Å². The molecular weight excluding hydrogens is 505 g/mol. The molecule has 7 rings (SSSR count). The van der Waals surface area contributed by atoms with Gasteiger partial charge < -0.3 is 18.6 Å². The quantitative estimate of drug-likeness (QED) is 0.206. The van der Waals surface area contributed by atoms with Crippen molar-refractivity contribution in [1.82, 2.24) is 0 Å². The first-order valence-corrected chi connectivity index (χ1v) is 14.1. The molecule has 6 aromatic rings. The van der Waals surface area contributed by atoms with E-state index in [0.29, 0.717) is 0 Å². The second-order valence-electron chi connectivity index (χ2n) is 11.7. The molecular formula is C36H32BNO3. The largest absolute Gasteiger partial charge is 0.495 e. The molecule has 5 aromatic carbocycles. The maximum Gasteiger partial charge on any atom is 0.495 e. The fourth-order valence-electron chi connectivity index (χ4n) is 5.67. The molecule has 1 aliphatic heterocycles. The molecule has 0 radical (unpaired) electrons. The molecule has 1 fully saturated rings. The predicted molar refractivity (Wildman–Crippen MR) is 170 cm³/mol. The van der Waals surface area contributed by atoms with Crippen LogP contribution in [0.5, 0.6) is 0 Å². The van der Waals surface area contributed by atoms with Crippen molar-refractivity contribution in [3.05, 3.63) is 121 Å². The van der Waals surface area contributed by atoms with Crippen molar-refractivity contribution < 1.29 is 13.7 Å². The molecule has 202 valence electrons. The minimum Gasteiger partial charge on any atom is -0.455 e. The van der Waals surface area contributed by atoms with E-state index in [9.17, 15) is 0 Å². The van der Waals surface area contributed by atoms with Gasteiger partial charge in [0.1, 0.15) is 11.2 Å². The Morgan fingerprint density at radius 2 is 1.15 bits per heavy atom. The SMILES string of the molecule is CC1(C)OB(c2cccc3oc4c(-c5ccccc5)cc(N(c5ccccc5)c5ccccc5)cc4c23)OC1(C)C. The summed E-state index contributed by atoms with van der Waals surface area (Å²) in [5.74, 6) is 0. The summed E-state index contributed by atoms with van der Waals surface area (Å²) in [4.78, 5) is 2.29. The number of hydrogen-bond acceptors (Lipinski definition) is 4. The van der Waals surface area contributed by atoms with Crippen LogP contribution >= 0.6 is 0 Å². The number of fused-ring (bicyclic) bond motifs is 3. The van der Waals surface area contributed by atoms with E-state index in [2.05, 4.69) is 124 Å². The van der Waals surface area contributed by atoms with Crippen LogP contribution in [0, 0.1) is 0 Å². The van der Waals surface area contributed by atoms with Gasteiger partial charge in [0.25, 0.3) is 0 Å². The average molecular weight is 537 g/mol. The zero-order valence-corrected chi connectivity index (χ0v) is 23.8. The summed E-state index contributed by atoms with van der Waals surface area (Å²) in [5, 5.41) is 2.04. The number of anilines is 3. The van der Waals surface area contributed by atoms with E-state index in [4.69, 9.17) is 13.7 Å². The lowest BCUT2D eigenvalue weighted by molar-refractivity contribution is 0.00578. The van der Waals surface area contributed by atoms with Crippen molar-refractivity contribution in [3.63, 3.8) is 0 Å². The molecule has 1 saturated heterocycles. The highest BCUT2D eigenvalue weighted by molar-refractivity contribution is 6.66. The molecule has 0 saturated carbocycles. The van der Waals surface area contributed by atoms with Gasteiger partial charge in [0.15, 0.2) is 0 Å². The van der Waals surface area contributed by atoms with Crippen molar-refractivity contribution in [2.45, 2.75) is 38.9 Å². The molecule has 0 atom stereocenters. The standard InChI is InChI=1S/C36H32BNO3/c1-35(2)36(3,4)41-37(40-35)31-21-14-22-32-33(31)30-24-28(23-29(34(30)39-32)25-15-8-5-9-16-25)38(26-17-10-6-11-18-26)27-19-12-7-13-20-27/h5-24H,1-4H3. The average Bonchev–Trinajstić information content (AvgIpc) is 3.47. The predicted octanol–water partition coefficient (Wildman–Crippen LogP) is 9.02. The van der Waals surface area contributed by atoms with Gasteiger partial charge in [-0.25, -0.2) is 0 Å². The van der Waals surface area contributed by atoms with Crippen LogP contribution in [-0.4, -0.2) is 18.3 Å². The summed E-state index contributed by atoms with van der Waals surface area (Å²) < 4.78 is 19.7. The maximum atomic E-state index is 6.66. The van der Waals surface area contributed by atoms with Crippen LogP contribution < -0.4 is 10.4 Å². The van der Waals surface area contributed by atoms with Crippen molar-refractivity contribution in [1.29, 1.82) is 0 Å². The third-order valence-corrected chi connectivity index (χ3v) is 8.49. The highest BCUT2D eigenvalue weighted by Crippen LogP contribution is 2.44. The van der Waals surface area contributed by atoms with Crippen LogP contribution in [0.25, 0.3) is 33.1 Å². The Hall–Kier alpha value is -4.32. The van der Waals surface area contributed by atoms with E-state index in [1.807, 2.05) is 30.3 Å². The summed E-state index contributed by atoms with van der Waals surface area (Å²) >= 11 is 0. The lowest BCUT2D eigenvalue weighted by Crippen LogP contribution is -2.41. The number of furan rings is 1. The number of rotatable bonds is 5. The Morgan fingerprint density at radius 3 is 1.73 bits per heavy atom. The van der Waals surface area contributed by atoms with Crippen LogP contribution in [0.15, 0.2) is 126 Å². The molecule has 0 unspecified atom stereocenters. The molecule has 0 spiro atoms. The normalized spacial score (nSPS) is 16.0. The highest BCUT2D eigenvalue weighted by Gasteiger charge is 2.52. The Balaban J connectivity index is 1.53. The fourth-order valence-corrected chi connectivity index (χ4v) is 5.67. The van der Waals surface area contributed by atoms with Gasteiger partial charge in [-0.05, 0) is 81.2 Å². The minimum absolute atomic E-state index is 0.447. The first kappa shape index (κ1) is 25.6. The van der Waals surface area contributed by atoms with Gasteiger partial charge in [-0.1, -0.05) is 78.9 Å². The highest BCUT2D eigenvalue weighted by atomic mass is 16.7. The first-order valence-electron chi connectivity index (χ1n) is 14.1. The fraction of sp³-hybridized carbons (Fsp3) is 0.167. The molecule has 1 aliphatic rings. The number of nitrogens with zero attached hydrogens (tertiary/aromatic N) is 1. The van der Waals surface area contributed by atoms with E-state index >= 15 is 0 Å². The number of hydrogen-bond donors (Lipinski definition) is 0. The molecule has 0 aliphatic carbocycles. The van der Waals surface area contributed by atoms with Gasteiger partial charge in [-0.15, -0.1) is 0 Å². The van der Waals surface area contributed by atoms with E-state index in [-0.39, 0.29) is 0 Å². The maximum absolute atomic E-state index is 6.66. The minimum atomic E-state index is -0.507. The summed E-state index contributed by atoms with van der Waals surface area (Å²) in [6, 6.07) is 42.0. The Bertz CT molecular complexity index is 1790. The molecule has 2 heterocycles. The molecule has 5 heteroatoms. The molecule has 0 amide bonds. The third-order valence-electron chi connectivity index (χ3n) is 8.49. The summed E-state index contributed by atoms with van der Waals surface area (Å²) in [7, 11) is -0.507. The molecule has 0 N–H and O–H groups in total. The van der Waals surface area contributed by atoms with Gasteiger partial charge in [0, 0.05) is 33.4 Å². The summed E-state index contributed by atoms with van der Waals surface area (Å²) in [6.45, 7) is 8.35. The zero-order chi connectivity index (χ0) is 28.2. The van der Waals surface area contributed by atoms with Crippen molar-refractivity contribution in [3.8, 4) is 11.1 Å². The number of para-hydroxylation sites is 2. The summed E-state index contributed by atoms with van der Waals surface area (Å²) in [6.07, 6.45) is 0. The lowest BCUT2D eigenvalue weighted by Gasteiger charge is -2.32. The smallest absolute Gasteiger partial charge is 0.455 e. The van der Waals surface area contributed by atoms with E-state index in [0.717, 1.165) is 55.6 Å².